The number of sulfonamides is 1. The van der Waals surface area contributed by atoms with Crippen LogP contribution < -0.4 is 14.8 Å². The highest BCUT2D eigenvalue weighted by Gasteiger charge is 2.22. The molecule has 0 radical (unpaired) electrons. The van der Waals surface area contributed by atoms with Crippen LogP contribution in [0.15, 0.2) is 41.3 Å². The molecule has 0 saturated heterocycles. The number of para-hydroxylation sites is 1. The number of ether oxygens (including phenoxy) is 1. The first-order chi connectivity index (χ1) is 12.7. The minimum absolute atomic E-state index is 0.00588. The minimum atomic E-state index is -3.87. The van der Waals surface area contributed by atoms with Gasteiger partial charge in [0, 0.05) is 6.04 Å². The van der Waals surface area contributed by atoms with Gasteiger partial charge in [0.2, 0.25) is 0 Å². The zero-order chi connectivity index (χ0) is 20.2. The third-order valence-electron chi connectivity index (χ3n) is 4.39. The Morgan fingerprint density at radius 1 is 1.15 bits per heavy atom. The highest BCUT2D eigenvalue weighted by molar-refractivity contribution is 7.92. The second-order valence-electron chi connectivity index (χ2n) is 6.52. The van der Waals surface area contributed by atoms with E-state index in [1.54, 1.807) is 57.4 Å². The maximum absolute atomic E-state index is 12.9. The van der Waals surface area contributed by atoms with E-state index in [9.17, 15) is 13.2 Å². The first kappa shape index (κ1) is 20.8. The van der Waals surface area contributed by atoms with Gasteiger partial charge < -0.3 is 10.1 Å². The molecule has 0 aliphatic carbocycles. The van der Waals surface area contributed by atoms with E-state index in [2.05, 4.69) is 10.0 Å². The number of nitrogens with one attached hydrogen (secondary N) is 2. The molecular weight excluding hydrogens is 364 g/mol. The third kappa shape index (κ3) is 4.80. The van der Waals surface area contributed by atoms with Crippen LogP contribution in [-0.4, -0.2) is 27.5 Å². The maximum Gasteiger partial charge on any atom is 0.262 e. The van der Waals surface area contributed by atoms with Crippen molar-refractivity contribution in [3.63, 3.8) is 0 Å². The molecule has 0 saturated carbocycles. The quantitative estimate of drug-likeness (QED) is 0.756. The highest BCUT2D eigenvalue weighted by atomic mass is 32.2. The molecule has 0 aliphatic heterocycles. The molecule has 2 rings (SSSR count). The molecule has 0 unspecified atom stereocenters. The summed E-state index contributed by atoms with van der Waals surface area (Å²) in [6.45, 7) is 7.35. The normalized spacial score (nSPS) is 12.3. The molecule has 0 aromatic heterocycles. The summed E-state index contributed by atoms with van der Waals surface area (Å²) in [4.78, 5) is 12.7. The summed E-state index contributed by atoms with van der Waals surface area (Å²) in [5.41, 5.74) is 1.80. The Kier molecular flexibility index (Phi) is 6.49. The lowest BCUT2D eigenvalue weighted by Crippen LogP contribution is -2.32. The summed E-state index contributed by atoms with van der Waals surface area (Å²) in [5, 5.41) is 2.86. The number of hydrogen-bond acceptors (Lipinski definition) is 4. The molecule has 2 aromatic rings. The van der Waals surface area contributed by atoms with Gasteiger partial charge in [-0.2, -0.15) is 0 Å². The van der Waals surface area contributed by atoms with Gasteiger partial charge in [0.15, 0.2) is 0 Å². The zero-order valence-electron chi connectivity index (χ0n) is 16.3. The molecule has 1 atom stereocenters. The number of amides is 1. The van der Waals surface area contributed by atoms with Gasteiger partial charge in [-0.05, 0) is 62.6 Å². The number of rotatable bonds is 7. The van der Waals surface area contributed by atoms with Crippen LogP contribution in [0.5, 0.6) is 5.75 Å². The van der Waals surface area contributed by atoms with Crippen LogP contribution in [0.1, 0.15) is 41.8 Å². The van der Waals surface area contributed by atoms with Gasteiger partial charge in [0.05, 0.1) is 23.3 Å². The second kappa shape index (κ2) is 8.43. The van der Waals surface area contributed by atoms with Crippen molar-refractivity contribution >= 4 is 21.6 Å². The van der Waals surface area contributed by atoms with E-state index < -0.39 is 10.0 Å². The van der Waals surface area contributed by atoms with E-state index in [1.165, 1.54) is 0 Å². The molecule has 7 heteroatoms. The van der Waals surface area contributed by atoms with E-state index in [0.717, 1.165) is 6.42 Å². The van der Waals surface area contributed by atoms with Crippen LogP contribution in [0.25, 0.3) is 0 Å². The fourth-order valence-corrected chi connectivity index (χ4v) is 4.04. The maximum atomic E-state index is 12.9. The number of aryl methyl sites for hydroxylation is 2. The van der Waals surface area contributed by atoms with E-state index in [1.807, 2.05) is 13.8 Å². The fourth-order valence-electron chi connectivity index (χ4n) is 2.65. The van der Waals surface area contributed by atoms with Crippen LogP contribution in [0.4, 0.5) is 5.69 Å². The van der Waals surface area contributed by atoms with E-state index in [0.29, 0.717) is 16.9 Å². The summed E-state index contributed by atoms with van der Waals surface area (Å²) in [5.74, 6) is 0.310. The van der Waals surface area contributed by atoms with Gasteiger partial charge >= 0.3 is 0 Å². The Labute approximate surface area is 161 Å². The van der Waals surface area contributed by atoms with Gasteiger partial charge in [-0.1, -0.05) is 19.1 Å². The van der Waals surface area contributed by atoms with Crippen molar-refractivity contribution in [2.75, 3.05) is 11.8 Å². The van der Waals surface area contributed by atoms with Gasteiger partial charge in [-0.15, -0.1) is 0 Å². The van der Waals surface area contributed by atoms with Crippen molar-refractivity contribution in [2.45, 2.75) is 45.1 Å². The number of benzene rings is 2. The first-order valence-electron chi connectivity index (χ1n) is 8.77. The Hall–Kier alpha value is -2.54. The van der Waals surface area contributed by atoms with Crippen LogP contribution in [0.3, 0.4) is 0 Å². The largest absolute Gasteiger partial charge is 0.496 e. The second-order valence-corrected chi connectivity index (χ2v) is 8.17. The van der Waals surface area contributed by atoms with Crippen LogP contribution in [0.2, 0.25) is 0 Å². The summed E-state index contributed by atoms with van der Waals surface area (Å²) in [7, 11) is -2.33. The Morgan fingerprint density at radius 3 is 2.44 bits per heavy atom. The van der Waals surface area contributed by atoms with Gasteiger partial charge in [0.25, 0.3) is 15.9 Å². The lowest BCUT2D eigenvalue weighted by atomic mass is 10.1. The SMILES string of the molecule is CC[C@H](C)NC(=O)c1ccccc1NS(=O)(=O)c1cc(C)c(OC)cc1C. The van der Waals surface area contributed by atoms with E-state index in [-0.39, 0.29) is 28.1 Å². The Balaban J connectivity index is 2.40. The molecular formula is C20H26N2O4S. The van der Waals surface area contributed by atoms with Crippen LogP contribution >= 0.6 is 0 Å². The van der Waals surface area contributed by atoms with E-state index >= 15 is 0 Å². The first-order valence-corrected chi connectivity index (χ1v) is 10.3. The molecule has 27 heavy (non-hydrogen) atoms. The van der Waals surface area contributed by atoms with Gasteiger partial charge in [-0.25, -0.2) is 8.42 Å². The molecule has 0 spiro atoms. The predicted molar refractivity (Wildman–Crippen MR) is 107 cm³/mol. The average molecular weight is 391 g/mol. The van der Waals surface area contributed by atoms with Crippen LogP contribution in [0, 0.1) is 13.8 Å². The fraction of sp³-hybridized carbons (Fsp3) is 0.350. The molecule has 2 N–H and O–H groups in total. The van der Waals surface area contributed by atoms with E-state index in [4.69, 9.17) is 4.74 Å². The summed E-state index contributed by atoms with van der Waals surface area (Å²) in [6.07, 6.45) is 0.782. The van der Waals surface area contributed by atoms with Crippen LogP contribution in [-0.2, 0) is 10.0 Å². The number of carbonyl (C=O) groups is 1. The van der Waals surface area contributed by atoms with Crippen molar-refractivity contribution in [1.82, 2.24) is 5.32 Å². The Morgan fingerprint density at radius 2 is 1.81 bits per heavy atom. The van der Waals surface area contributed by atoms with Crippen molar-refractivity contribution in [1.29, 1.82) is 0 Å². The molecule has 1 amide bonds. The smallest absolute Gasteiger partial charge is 0.262 e. The minimum Gasteiger partial charge on any atom is -0.496 e. The Bertz CT molecular complexity index is 939. The van der Waals surface area contributed by atoms with Crippen molar-refractivity contribution in [2.24, 2.45) is 0 Å². The average Bonchev–Trinajstić information content (AvgIpc) is 2.62. The topological polar surface area (TPSA) is 84.5 Å². The lowest BCUT2D eigenvalue weighted by molar-refractivity contribution is 0.0940. The van der Waals surface area contributed by atoms with Gasteiger partial charge in [-0.3, -0.25) is 9.52 Å². The molecule has 2 aromatic carbocycles. The van der Waals surface area contributed by atoms with Gasteiger partial charge in [0.1, 0.15) is 5.75 Å². The third-order valence-corrected chi connectivity index (χ3v) is 5.90. The lowest BCUT2D eigenvalue weighted by Gasteiger charge is -2.17. The molecule has 0 bridgehead atoms. The molecule has 146 valence electrons. The summed E-state index contributed by atoms with van der Waals surface area (Å²) < 4.78 is 33.7. The van der Waals surface area contributed by atoms with Crippen molar-refractivity contribution in [3.8, 4) is 5.75 Å². The number of methoxy groups -OCH3 is 1. The van der Waals surface area contributed by atoms with Crippen molar-refractivity contribution < 1.29 is 17.9 Å². The monoisotopic (exact) mass is 390 g/mol. The zero-order valence-corrected chi connectivity index (χ0v) is 17.1. The predicted octanol–water partition coefficient (Wildman–Crippen LogP) is 3.64. The molecule has 6 nitrogen and oxygen atoms in total. The number of anilines is 1. The molecule has 0 aliphatic rings. The number of hydrogen-bond donors (Lipinski definition) is 2. The summed E-state index contributed by atoms with van der Waals surface area (Å²) in [6, 6.07) is 9.81. The summed E-state index contributed by atoms with van der Waals surface area (Å²) >= 11 is 0. The highest BCUT2D eigenvalue weighted by Crippen LogP contribution is 2.28. The molecule has 0 fully saturated rings. The molecule has 0 heterocycles. The standard InChI is InChI=1S/C20H26N2O4S/c1-6-15(4)21-20(23)16-9-7-8-10-17(16)22-27(24,25)19-12-13(2)18(26-5)11-14(19)3/h7-12,15,22H,6H2,1-5H3,(H,21,23)/t15-/m0/s1. The van der Waals surface area contributed by atoms with Crippen molar-refractivity contribution in [3.05, 3.63) is 53.1 Å². The number of carbonyl (C=O) groups excluding carboxylic acids is 1.